The average Bonchev–Trinajstić information content (AvgIpc) is 3.27. The van der Waals surface area contributed by atoms with Crippen molar-refractivity contribution in [1.82, 2.24) is 10.2 Å². The molecule has 3 aliphatic rings. The third-order valence-corrected chi connectivity index (χ3v) is 10.00. The number of ether oxygens (including phenoxy) is 1. The number of hydrogen-bond donors (Lipinski definition) is 3. The predicted octanol–water partition coefficient (Wildman–Crippen LogP) is 4.56. The highest BCUT2D eigenvalue weighted by atomic mass is 16.5. The minimum Gasteiger partial charge on any atom is -0.504 e. The molecule has 2 aliphatic carbocycles. The molecule has 1 aromatic carbocycles. The minimum absolute atomic E-state index is 0.119. The van der Waals surface area contributed by atoms with E-state index in [-0.39, 0.29) is 35.7 Å². The van der Waals surface area contributed by atoms with E-state index in [0.29, 0.717) is 54.2 Å². The summed E-state index contributed by atoms with van der Waals surface area (Å²) in [7, 11) is 0. The smallest absolute Gasteiger partial charge is 0.328 e. The summed E-state index contributed by atoms with van der Waals surface area (Å²) in [5.41, 5.74) is 0.933. The number of amides is 2. The molecule has 4 rings (SSSR count). The van der Waals surface area contributed by atoms with Crippen molar-refractivity contribution in [1.29, 1.82) is 0 Å². The Labute approximate surface area is 232 Å². The van der Waals surface area contributed by atoms with Crippen molar-refractivity contribution in [2.75, 3.05) is 13.2 Å². The second-order valence-corrected chi connectivity index (χ2v) is 13.8. The van der Waals surface area contributed by atoms with Crippen LogP contribution < -0.4 is 5.32 Å². The minimum atomic E-state index is -0.792. The largest absolute Gasteiger partial charge is 0.504 e. The van der Waals surface area contributed by atoms with Gasteiger partial charge in [-0.25, -0.2) is 4.79 Å². The molecule has 0 bridgehead atoms. The lowest BCUT2D eigenvalue weighted by molar-refractivity contribution is -0.155. The van der Waals surface area contributed by atoms with Crippen LogP contribution in [0.5, 0.6) is 11.5 Å². The van der Waals surface area contributed by atoms with Gasteiger partial charge < -0.3 is 25.2 Å². The first-order valence-corrected chi connectivity index (χ1v) is 14.4. The lowest BCUT2D eigenvalue weighted by atomic mass is 9.85. The summed E-state index contributed by atoms with van der Waals surface area (Å²) in [6.45, 7) is 13.6. The summed E-state index contributed by atoms with van der Waals surface area (Å²) in [6.07, 6.45) is 5.06. The van der Waals surface area contributed by atoms with Gasteiger partial charge in [-0.3, -0.25) is 9.59 Å². The number of phenolic OH excluding ortho intramolecular Hbond substituents is 2. The van der Waals surface area contributed by atoms with Crippen molar-refractivity contribution in [2.24, 2.45) is 28.1 Å². The van der Waals surface area contributed by atoms with E-state index < -0.39 is 17.5 Å². The third kappa shape index (κ3) is 5.75. The molecule has 1 saturated heterocycles. The topological polar surface area (TPSA) is 116 Å². The fourth-order valence-corrected chi connectivity index (χ4v) is 7.38. The Morgan fingerprint density at radius 3 is 2.46 bits per heavy atom. The molecule has 0 radical (unpaired) electrons. The van der Waals surface area contributed by atoms with E-state index in [0.717, 1.165) is 12.8 Å². The number of fused-ring (bicyclic) bond motifs is 1. The number of aromatic hydroxyl groups is 2. The lowest BCUT2D eigenvalue weighted by Gasteiger charge is -2.35. The maximum atomic E-state index is 13.7. The molecular weight excluding hydrogens is 496 g/mol. The Kier molecular flexibility index (Phi) is 7.99. The van der Waals surface area contributed by atoms with Crippen LogP contribution in [0.2, 0.25) is 0 Å². The Morgan fingerprint density at radius 2 is 1.85 bits per heavy atom. The first-order valence-electron chi connectivity index (χ1n) is 14.4. The predicted molar refractivity (Wildman–Crippen MR) is 148 cm³/mol. The molecule has 3 N–H and O–H groups in total. The molecule has 0 spiro atoms. The van der Waals surface area contributed by atoms with Crippen LogP contribution in [0, 0.1) is 28.1 Å². The Morgan fingerprint density at radius 1 is 1.13 bits per heavy atom. The molecule has 1 aromatic rings. The quantitative estimate of drug-likeness (QED) is 0.311. The maximum absolute atomic E-state index is 13.7. The molecule has 1 aliphatic heterocycles. The average molecular weight is 543 g/mol. The number of benzene rings is 1. The van der Waals surface area contributed by atoms with Crippen LogP contribution in [-0.2, 0) is 25.5 Å². The van der Waals surface area contributed by atoms with Gasteiger partial charge in [-0.1, -0.05) is 47.6 Å². The fraction of sp³-hybridized carbons (Fsp3) is 0.710. The molecule has 3 unspecified atom stereocenters. The lowest BCUT2D eigenvalue weighted by Crippen LogP contribution is -2.56. The first kappa shape index (κ1) is 29.2. The van der Waals surface area contributed by atoms with E-state index in [4.69, 9.17) is 4.74 Å². The van der Waals surface area contributed by atoms with Gasteiger partial charge in [0.15, 0.2) is 11.5 Å². The highest BCUT2D eigenvalue weighted by Gasteiger charge is 2.72. The van der Waals surface area contributed by atoms with Crippen molar-refractivity contribution in [3.63, 3.8) is 0 Å². The zero-order valence-electron chi connectivity index (χ0n) is 24.4. The van der Waals surface area contributed by atoms with E-state index in [1.807, 2.05) is 20.8 Å². The molecule has 1 heterocycles. The molecular formula is C31H46N2O6. The number of nitrogens with zero attached hydrogens (tertiary/aromatic N) is 1. The summed E-state index contributed by atoms with van der Waals surface area (Å²) in [5.74, 6) is -0.0592. The second kappa shape index (κ2) is 10.7. The van der Waals surface area contributed by atoms with Crippen LogP contribution in [0.25, 0.3) is 0 Å². The SMILES string of the molecule is CC(C)(C)[C@H](NC(=O)CCc1ccc(O)c(O)c1)C(=O)N1CCC[C@H]1C(=O)OCCC1CCC2(C)C1C2(C)C. The summed E-state index contributed by atoms with van der Waals surface area (Å²) in [4.78, 5) is 41.2. The van der Waals surface area contributed by atoms with E-state index in [9.17, 15) is 24.6 Å². The molecule has 39 heavy (non-hydrogen) atoms. The van der Waals surface area contributed by atoms with Crippen LogP contribution in [-0.4, -0.2) is 58.1 Å². The van der Waals surface area contributed by atoms with Crippen LogP contribution in [0.1, 0.15) is 85.6 Å². The number of phenols is 2. The Hall–Kier alpha value is -2.77. The van der Waals surface area contributed by atoms with Crippen LogP contribution in [0.15, 0.2) is 18.2 Å². The standard InChI is InChI=1S/C31H46N2O6/c1-29(2,3)26(32-24(36)12-10-19-9-11-22(34)23(35)18-19)27(37)33-16-7-8-21(33)28(38)39-17-14-20-13-15-31(6)25(20)30(31,4)5/h9,11,18,20-21,25-26,34-35H,7-8,10,12-17H2,1-6H3,(H,32,36)/t20?,21-,25?,26+,31?/m0/s1. The highest BCUT2D eigenvalue weighted by molar-refractivity contribution is 5.91. The molecule has 216 valence electrons. The molecule has 2 amide bonds. The molecule has 8 nitrogen and oxygen atoms in total. The zero-order valence-corrected chi connectivity index (χ0v) is 24.4. The van der Waals surface area contributed by atoms with E-state index >= 15 is 0 Å². The molecule has 2 saturated carbocycles. The van der Waals surface area contributed by atoms with Gasteiger partial charge in [0.25, 0.3) is 0 Å². The number of carbonyl (C=O) groups excluding carboxylic acids is 3. The number of nitrogens with one attached hydrogen (secondary N) is 1. The molecule has 8 heteroatoms. The van der Waals surface area contributed by atoms with Gasteiger partial charge in [-0.2, -0.15) is 0 Å². The van der Waals surface area contributed by atoms with Crippen molar-refractivity contribution in [2.45, 2.75) is 98.6 Å². The fourth-order valence-electron chi connectivity index (χ4n) is 7.38. The number of aryl methyl sites for hydroxylation is 1. The van der Waals surface area contributed by atoms with Gasteiger partial charge in [0.2, 0.25) is 11.8 Å². The number of likely N-dealkylation sites (tertiary alicyclic amines) is 1. The van der Waals surface area contributed by atoms with Gasteiger partial charge in [-0.15, -0.1) is 0 Å². The third-order valence-electron chi connectivity index (χ3n) is 10.00. The van der Waals surface area contributed by atoms with Gasteiger partial charge in [0.05, 0.1) is 6.61 Å². The van der Waals surface area contributed by atoms with E-state index in [1.54, 1.807) is 11.0 Å². The molecule has 3 fully saturated rings. The van der Waals surface area contributed by atoms with Crippen LogP contribution in [0.3, 0.4) is 0 Å². The van der Waals surface area contributed by atoms with Crippen LogP contribution in [0.4, 0.5) is 0 Å². The van der Waals surface area contributed by atoms with Crippen molar-refractivity contribution in [3.8, 4) is 11.5 Å². The van der Waals surface area contributed by atoms with Crippen molar-refractivity contribution < 1.29 is 29.3 Å². The number of rotatable bonds is 9. The molecule has 5 atom stereocenters. The van der Waals surface area contributed by atoms with Crippen LogP contribution >= 0.6 is 0 Å². The van der Waals surface area contributed by atoms with E-state index in [2.05, 4.69) is 26.1 Å². The zero-order chi connectivity index (χ0) is 28.8. The Balaban J connectivity index is 1.31. The molecule has 0 aromatic heterocycles. The normalized spacial score (nSPS) is 28.1. The van der Waals surface area contributed by atoms with Crippen molar-refractivity contribution in [3.05, 3.63) is 23.8 Å². The second-order valence-electron chi connectivity index (χ2n) is 13.8. The number of carbonyl (C=O) groups is 3. The summed E-state index contributed by atoms with van der Waals surface area (Å²) < 4.78 is 5.73. The Bertz CT molecular complexity index is 1110. The van der Waals surface area contributed by atoms with Gasteiger partial charge >= 0.3 is 5.97 Å². The van der Waals surface area contributed by atoms with E-state index in [1.165, 1.54) is 25.0 Å². The number of esters is 1. The maximum Gasteiger partial charge on any atom is 0.328 e. The highest BCUT2D eigenvalue weighted by Crippen LogP contribution is 2.78. The van der Waals surface area contributed by atoms with Gasteiger partial charge in [-0.05, 0) is 84.3 Å². The summed E-state index contributed by atoms with van der Waals surface area (Å²) in [6, 6.07) is 3.04. The first-order chi connectivity index (χ1) is 18.2. The van der Waals surface area contributed by atoms with Gasteiger partial charge in [0, 0.05) is 13.0 Å². The number of hydrogen-bond acceptors (Lipinski definition) is 6. The monoisotopic (exact) mass is 542 g/mol. The summed E-state index contributed by atoms with van der Waals surface area (Å²) in [5, 5.41) is 22.1. The summed E-state index contributed by atoms with van der Waals surface area (Å²) >= 11 is 0. The van der Waals surface area contributed by atoms with Crippen molar-refractivity contribution >= 4 is 17.8 Å². The van der Waals surface area contributed by atoms with Gasteiger partial charge in [0.1, 0.15) is 12.1 Å².